The van der Waals surface area contributed by atoms with Crippen molar-refractivity contribution in [3.8, 4) is 0 Å². The first kappa shape index (κ1) is 49.9. The summed E-state index contributed by atoms with van der Waals surface area (Å²) in [5.41, 5.74) is 8.10. The molecule has 1 aliphatic carbocycles. The highest BCUT2D eigenvalue weighted by Crippen LogP contribution is 2.45. The standard InChI is InChI=1S/C17H30N2O2.C6H11F2NO2.C4H8OS.C2H7NO.C2H6.H2O.3H2/c1-4-5-6-8-13(2)11-14(3)12-16(20)19-10-7-9-15(19)17(18)21;1-5(2,6(3,7)8)11-4(9)10;1-4(6-5)2-3-4;1-2-4-3;1-2;;;;/h4-5,13-15H,6-12H2,1-3H3,(H2,18,21);1-3H3,(H2,9,10);5H,2-3H2,1H3;2-3H2,1H3;1-2H3;1H2;3*1H/b5-4-;;;;;;;;/t13-,14-,15+;;;;;;;;/m1......../s1. The largest absolute Gasteiger partial charge is 0.437 e. The lowest BCUT2D eigenvalue weighted by atomic mass is 9.91. The number of primary amides is 2. The topological polar surface area (TPSA) is 203 Å². The van der Waals surface area contributed by atoms with Crippen LogP contribution in [0.4, 0.5) is 13.6 Å². The summed E-state index contributed by atoms with van der Waals surface area (Å²) in [6.07, 6.45) is 10.9. The molecule has 0 aromatic rings. The molecule has 0 aromatic heterocycles. The Balaban J connectivity index is -0.000000105. The van der Waals surface area contributed by atoms with Gasteiger partial charge >= 0.3 is 6.09 Å². The van der Waals surface area contributed by atoms with Gasteiger partial charge in [-0.1, -0.05) is 39.8 Å². The van der Waals surface area contributed by atoms with E-state index in [0.29, 0.717) is 38.3 Å². The van der Waals surface area contributed by atoms with Gasteiger partial charge in [-0.2, -0.15) is 0 Å². The van der Waals surface area contributed by atoms with Gasteiger partial charge in [0.2, 0.25) is 11.8 Å². The molecule has 0 radical (unpaired) electrons. The summed E-state index contributed by atoms with van der Waals surface area (Å²) in [6, 6.07) is -0.378. The molecule has 9 N–H and O–H groups in total. The van der Waals surface area contributed by atoms with Gasteiger partial charge in [-0.15, -0.1) is 0 Å². The Hall–Kier alpha value is -2.00. The van der Waals surface area contributed by atoms with Crippen molar-refractivity contribution in [3.05, 3.63) is 12.2 Å². The number of nitrogens with zero attached hydrogens (tertiary/aromatic N) is 1. The summed E-state index contributed by atoms with van der Waals surface area (Å²) in [5, 5.41) is 0. The molecule has 2 fully saturated rings. The highest BCUT2D eigenvalue weighted by molar-refractivity contribution is 7.95. The van der Waals surface area contributed by atoms with E-state index >= 15 is 0 Å². The molecule has 14 heteroatoms. The third kappa shape index (κ3) is 24.9. The molecular weight excluding hydrogens is 610 g/mol. The summed E-state index contributed by atoms with van der Waals surface area (Å²) in [4.78, 5) is 39.5. The maximum absolute atomic E-state index is 12.5. The molecule has 45 heavy (non-hydrogen) atoms. The zero-order valence-corrected chi connectivity index (χ0v) is 30.1. The zero-order chi connectivity index (χ0) is 35.1. The average molecular weight is 681 g/mol. The van der Waals surface area contributed by atoms with Gasteiger partial charge in [-0.25, -0.2) is 19.5 Å². The van der Waals surface area contributed by atoms with Crippen LogP contribution in [-0.4, -0.2) is 68.3 Å². The van der Waals surface area contributed by atoms with Crippen molar-refractivity contribution in [1.82, 2.24) is 4.90 Å². The number of amides is 3. The molecule has 1 saturated carbocycles. The molecule has 3 atom stereocenters. The van der Waals surface area contributed by atoms with Crippen molar-refractivity contribution < 1.29 is 47.0 Å². The Morgan fingerprint density at radius 1 is 1.16 bits per heavy atom. The van der Waals surface area contributed by atoms with Gasteiger partial charge in [-0.05, 0) is 103 Å². The van der Waals surface area contributed by atoms with E-state index in [4.69, 9.17) is 10.3 Å². The van der Waals surface area contributed by atoms with Crippen LogP contribution in [0.2, 0.25) is 0 Å². The fourth-order valence-electron chi connectivity index (χ4n) is 3.82. The SMILES string of the molecule is C/C=C\CC[C@@H](C)C[C@@H](C)CC(=O)N1CCC[C@H]1C(N)=O.CC.CC(F)(F)C(C)(C)OC(N)=O.CC1(SO)CC1.CCON.O.[HH].[HH].[HH]. The van der Waals surface area contributed by atoms with Gasteiger partial charge in [0.05, 0.1) is 6.61 Å². The molecule has 0 unspecified atom stereocenters. The molecular formula is C31H70F2N4O7S. The quantitative estimate of drug-likeness (QED) is 0.0960. The number of nitrogens with two attached hydrogens (primary N) is 3. The Morgan fingerprint density at radius 2 is 1.67 bits per heavy atom. The molecule has 276 valence electrons. The van der Waals surface area contributed by atoms with Crippen LogP contribution >= 0.6 is 12.0 Å². The normalized spacial score (nSPS) is 17.6. The number of alkyl halides is 2. The zero-order valence-electron chi connectivity index (χ0n) is 29.3. The number of carbonyl (C=O) groups is 3. The van der Waals surface area contributed by atoms with Crippen LogP contribution in [-0.2, 0) is 19.2 Å². The van der Waals surface area contributed by atoms with Crippen LogP contribution in [0.3, 0.4) is 0 Å². The summed E-state index contributed by atoms with van der Waals surface area (Å²) < 4.78 is 37.9. The molecule has 11 nitrogen and oxygen atoms in total. The highest BCUT2D eigenvalue weighted by Gasteiger charge is 2.45. The minimum atomic E-state index is -3.10. The van der Waals surface area contributed by atoms with Crippen molar-refractivity contribution in [1.29, 1.82) is 0 Å². The van der Waals surface area contributed by atoms with Gasteiger partial charge in [0.25, 0.3) is 5.92 Å². The van der Waals surface area contributed by atoms with Crippen LogP contribution < -0.4 is 17.4 Å². The van der Waals surface area contributed by atoms with Crippen LogP contribution in [0.5, 0.6) is 0 Å². The highest BCUT2D eigenvalue weighted by atomic mass is 32.2. The monoisotopic (exact) mass is 680 g/mol. The molecule has 0 aromatic carbocycles. The van der Waals surface area contributed by atoms with Gasteiger partial charge in [-0.3, -0.25) is 9.59 Å². The number of hydrogen-bond donors (Lipinski definition) is 4. The van der Waals surface area contributed by atoms with Crippen molar-refractivity contribution in [2.24, 2.45) is 29.2 Å². The van der Waals surface area contributed by atoms with Gasteiger partial charge in [0, 0.05) is 28.9 Å². The number of rotatable bonds is 12. The Bertz CT molecular complexity index is 840. The lowest BCUT2D eigenvalue weighted by Crippen LogP contribution is -2.45. The van der Waals surface area contributed by atoms with Crippen molar-refractivity contribution in [2.75, 3.05) is 13.2 Å². The average Bonchev–Trinajstić information content (AvgIpc) is 3.46. The second-order valence-electron chi connectivity index (χ2n) is 11.8. The molecule has 0 bridgehead atoms. The second kappa shape index (κ2) is 26.1. The number of ether oxygens (including phenoxy) is 1. The van der Waals surface area contributed by atoms with Crippen molar-refractivity contribution in [2.45, 2.75) is 143 Å². The first-order valence-electron chi connectivity index (χ1n) is 15.5. The van der Waals surface area contributed by atoms with E-state index < -0.39 is 17.6 Å². The molecule has 1 saturated heterocycles. The summed E-state index contributed by atoms with van der Waals surface area (Å²) >= 11 is 0.993. The van der Waals surface area contributed by atoms with E-state index in [1.807, 2.05) is 27.7 Å². The minimum Gasteiger partial charge on any atom is -0.437 e. The summed E-state index contributed by atoms with van der Waals surface area (Å²) in [5.74, 6) is 2.13. The van der Waals surface area contributed by atoms with E-state index in [1.165, 1.54) is 12.8 Å². The van der Waals surface area contributed by atoms with E-state index in [-0.39, 0.29) is 32.4 Å². The molecule has 1 aliphatic heterocycles. The number of hydrogen-bond acceptors (Lipinski definition) is 8. The fraction of sp³-hybridized carbons (Fsp3) is 0.839. The van der Waals surface area contributed by atoms with E-state index in [0.717, 1.165) is 58.0 Å². The molecule has 2 aliphatic rings. The number of halogens is 2. The van der Waals surface area contributed by atoms with Crippen LogP contribution in [0.15, 0.2) is 12.2 Å². The third-order valence-electron chi connectivity index (χ3n) is 7.05. The van der Waals surface area contributed by atoms with Crippen LogP contribution in [0.1, 0.15) is 125 Å². The van der Waals surface area contributed by atoms with Crippen molar-refractivity contribution in [3.63, 3.8) is 0 Å². The first-order valence-corrected chi connectivity index (χ1v) is 16.3. The van der Waals surface area contributed by atoms with Gasteiger partial charge < -0.3 is 36.0 Å². The molecule has 0 spiro atoms. The summed E-state index contributed by atoms with van der Waals surface area (Å²) in [6.45, 7) is 18.4. The third-order valence-corrected chi connectivity index (χ3v) is 7.89. The predicted octanol–water partition coefficient (Wildman–Crippen LogP) is 6.97. The smallest absolute Gasteiger partial charge is 0.405 e. The number of allylic oxidation sites excluding steroid dienone is 2. The molecule has 1 heterocycles. The van der Waals surface area contributed by atoms with E-state index in [2.05, 4.69) is 54.1 Å². The number of carbonyl (C=O) groups excluding carboxylic acids is 3. The lowest BCUT2D eigenvalue weighted by molar-refractivity contribution is -0.148. The Morgan fingerprint density at radius 3 is 1.98 bits per heavy atom. The maximum Gasteiger partial charge on any atom is 0.405 e. The number of likely N-dealkylation sites (tertiary alicyclic amines) is 1. The second-order valence-corrected chi connectivity index (χ2v) is 12.9. The van der Waals surface area contributed by atoms with Gasteiger partial charge in [0.15, 0.2) is 5.60 Å². The van der Waals surface area contributed by atoms with Crippen LogP contribution in [0.25, 0.3) is 0 Å². The van der Waals surface area contributed by atoms with Gasteiger partial charge in [0.1, 0.15) is 6.04 Å². The predicted molar refractivity (Wildman–Crippen MR) is 186 cm³/mol. The van der Waals surface area contributed by atoms with E-state index in [1.54, 1.807) is 4.90 Å². The van der Waals surface area contributed by atoms with Crippen molar-refractivity contribution >= 4 is 30.0 Å². The van der Waals surface area contributed by atoms with E-state index in [9.17, 15) is 23.2 Å². The fourth-order valence-corrected chi connectivity index (χ4v) is 4.10. The minimum absolute atomic E-state index is 0. The molecule has 3 amide bonds. The maximum atomic E-state index is 12.5. The first-order chi connectivity index (χ1) is 20.3. The van der Waals surface area contributed by atoms with Crippen LogP contribution in [0, 0.1) is 11.8 Å². The Labute approximate surface area is 279 Å². The summed E-state index contributed by atoms with van der Waals surface area (Å²) in [7, 11) is 0. The molecule has 2 rings (SSSR count). The Kier molecular flexibility index (Phi) is 28.9. The lowest BCUT2D eigenvalue weighted by Gasteiger charge is -2.29.